The van der Waals surface area contributed by atoms with Crippen LogP contribution in [0.1, 0.15) is 59.4 Å². The van der Waals surface area contributed by atoms with Gasteiger partial charge in [-0.3, -0.25) is 9.69 Å². The van der Waals surface area contributed by atoms with E-state index in [1.54, 1.807) is 0 Å². The van der Waals surface area contributed by atoms with Crippen molar-refractivity contribution in [2.45, 2.75) is 77.5 Å². The maximum absolute atomic E-state index is 13.1. The Kier molecular flexibility index (Phi) is 8.38. The highest BCUT2D eigenvalue weighted by molar-refractivity contribution is 14.1. The second kappa shape index (κ2) is 9.42. The number of hydrogen-bond donors (Lipinski definition) is 1. The van der Waals surface area contributed by atoms with Crippen LogP contribution in [0.4, 0.5) is 5.69 Å². The zero-order valence-electron chi connectivity index (χ0n) is 17.5. The van der Waals surface area contributed by atoms with E-state index in [4.69, 9.17) is 10.5 Å². The number of likely N-dealkylation sites (tertiary alicyclic amines) is 1. The molecule has 1 aliphatic heterocycles. The average molecular weight is 724 g/mol. The second-order valence-electron chi connectivity index (χ2n) is 9.01. The van der Waals surface area contributed by atoms with Crippen LogP contribution >= 0.6 is 67.8 Å². The third kappa shape index (κ3) is 5.46. The zero-order valence-corrected chi connectivity index (χ0v) is 24.0. The molecule has 0 bridgehead atoms. The van der Waals surface area contributed by atoms with Crippen LogP contribution in [0.3, 0.4) is 0 Å². The summed E-state index contributed by atoms with van der Waals surface area (Å²) in [5.41, 5.74) is 8.20. The molecule has 28 heavy (non-hydrogen) atoms. The Bertz CT molecular complexity index is 732. The second-order valence-corrected chi connectivity index (χ2v) is 12.4. The summed E-state index contributed by atoms with van der Waals surface area (Å²) in [6, 6.07) is 2.09. The Balaban J connectivity index is 2.16. The smallest absolute Gasteiger partial charge is 0.309 e. The van der Waals surface area contributed by atoms with E-state index in [0.29, 0.717) is 6.42 Å². The summed E-state index contributed by atoms with van der Waals surface area (Å²) in [6.45, 7) is 11.0. The van der Waals surface area contributed by atoms with Gasteiger partial charge in [0.1, 0.15) is 6.10 Å². The van der Waals surface area contributed by atoms with Gasteiger partial charge in [-0.05, 0) is 127 Å². The Hall–Kier alpha value is 0.640. The normalized spacial score (nSPS) is 20.8. The minimum absolute atomic E-state index is 0.00370. The van der Waals surface area contributed by atoms with Crippen LogP contribution in [0, 0.1) is 16.6 Å². The molecule has 0 amide bonds. The van der Waals surface area contributed by atoms with E-state index in [0.717, 1.165) is 41.2 Å². The van der Waals surface area contributed by atoms with E-state index in [9.17, 15) is 4.79 Å². The van der Waals surface area contributed by atoms with Crippen molar-refractivity contribution in [3.63, 3.8) is 0 Å². The Labute approximate surface area is 210 Å². The summed E-state index contributed by atoms with van der Waals surface area (Å²) < 4.78 is 9.34. The highest BCUT2D eigenvalue weighted by Crippen LogP contribution is 2.39. The van der Waals surface area contributed by atoms with Crippen molar-refractivity contribution in [3.05, 3.63) is 22.3 Å². The molecule has 0 aromatic heterocycles. The Morgan fingerprint density at radius 1 is 1.21 bits per heavy atom. The molecular formula is C21H31I3N2O2. The molecule has 1 unspecified atom stereocenters. The van der Waals surface area contributed by atoms with Gasteiger partial charge < -0.3 is 10.5 Å². The number of carbonyl (C=O) groups excluding carboxylic acids is 1. The topological polar surface area (TPSA) is 55.6 Å². The number of anilines is 1. The van der Waals surface area contributed by atoms with Crippen molar-refractivity contribution >= 4 is 79.4 Å². The van der Waals surface area contributed by atoms with Crippen molar-refractivity contribution in [2.24, 2.45) is 5.92 Å². The molecule has 2 N–H and O–H groups in total. The predicted octanol–water partition coefficient (Wildman–Crippen LogP) is 5.85. The number of rotatable bonds is 5. The lowest BCUT2D eigenvalue weighted by Crippen LogP contribution is -2.60. The maximum Gasteiger partial charge on any atom is 0.309 e. The molecule has 1 aliphatic rings. The summed E-state index contributed by atoms with van der Waals surface area (Å²) >= 11 is 6.91. The first-order valence-corrected chi connectivity index (χ1v) is 12.9. The van der Waals surface area contributed by atoms with Gasteiger partial charge in [-0.2, -0.15) is 0 Å². The van der Waals surface area contributed by atoms with E-state index in [1.807, 2.05) is 0 Å². The third-order valence-electron chi connectivity index (χ3n) is 6.13. The van der Waals surface area contributed by atoms with Crippen LogP contribution in [0.2, 0.25) is 0 Å². The molecule has 1 fully saturated rings. The van der Waals surface area contributed by atoms with Crippen molar-refractivity contribution in [3.8, 4) is 0 Å². The molecule has 1 atom stereocenters. The molecule has 0 aliphatic carbocycles. The number of esters is 1. The predicted molar refractivity (Wildman–Crippen MR) is 142 cm³/mol. The molecule has 1 aromatic rings. The molecule has 0 saturated carbocycles. The van der Waals surface area contributed by atoms with Crippen LogP contribution in [-0.4, -0.2) is 35.1 Å². The number of nitrogens with two attached hydrogens (primary N) is 1. The zero-order chi connectivity index (χ0) is 21.4. The molecule has 0 radical (unpaired) electrons. The molecule has 4 nitrogen and oxygen atoms in total. The van der Waals surface area contributed by atoms with Gasteiger partial charge in [0.15, 0.2) is 0 Å². The van der Waals surface area contributed by atoms with Gasteiger partial charge >= 0.3 is 5.97 Å². The van der Waals surface area contributed by atoms with Gasteiger partial charge in [-0.25, -0.2) is 0 Å². The first-order chi connectivity index (χ1) is 12.8. The first kappa shape index (κ1) is 24.9. The van der Waals surface area contributed by atoms with E-state index in [2.05, 4.69) is 120 Å². The van der Waals surface area contributed by atoms with Crippen molar-refractivity contribution < 1.29 is 9.53 Å². The van der Waals surface area contributed by atoms with Gasteiger partial charge in [0.25, 0.3) is 0 Å². The fourth-order valence-corrected chi connectivity index (χ4v) is 7.91. The summed E-state index contributed by atoms with van der Waals surface area (Å²) in [6.07, 6.45) is 3.12. The van der Waals surface area contributed by atoms with Crippen LogP contribution < -0.4 is 5.73 Å². The minimum atomic E-state index is -0.146. The number of nitrogen functional groups attached to an aromatic ring is 1. The molecule has 2 rings (SSSR count). The van der Waals surface area contributed by atoms with Crippen LogP contribution in [0.25, 0.3) is 0 Å². The fourth-order valence-electron chi connectivity index (χ4n) is 4.10. The number of hydrogen-bond acceptors (Lipinski definition) is 4. The number of piperidine rings is 1. The van der Waals surface area contributed by atoms with E-state index < -0.39 is 0 Å². The van der Waals surface area contributed by atoms with Crippen LogP contribution in [-0.2, 0) is 16.0 Å². The summed E-state index contributed by atoms with van der Waals surface area (Å²) in [5, 5.41) is 0. The quantitative estimate of drug-likeness (QED) is 0.236. The molecule has 7 heteroatoms. The number of ether oxygens (including phenoxy) is 1. The van der Waals surface area contributed by atoms with Crippen molar-refractivity contribution in [2.75, 3.05) is 12.8 Å². The van der Waals surface area contributed by atoms with Gasteiger partial charge in [-0.15, -0.1) is 0 Å². The largest absolute Gasteiger partial charge is 0.462 e. The number of carbonyl (C=O) groups is 1. The lowest BCUT2D eigenvalue weighted by atomic mass is 9.78. The first-order valence-electron chi connectivity index (χ1n) is 9.66. The standard InChI is InChI=1S/C21H31I3N2O2/c1-7-12(8-14-15(22)9-16(23)18(25)17(14)24)19(27)28-13-10-20(2,3)26(6)21(4,5)11-13/h9,12-13H,7-8,10-11,25H2,1-6H3. The number of nitrogens with zero attached hydrogens (tertiary/aromatic N) is 1. The molecule has 1 saturated heterocycles. The minimum Gasteiger partial charge on any atom is -0.462 e. The SMILES string of the molecule is CCC(Cc1c(I)cc(I)c(N)c1I)C(=O)OC1CC(C)(C)N(C)C(C)(C)C1. The highest BCUT2D eigenvalue weighted by Gasteiger charge is 2.44. The van der Waals surface area contributed by atoms with Gasteiger partial charge in [0.05, 0.1) is 11.6 Å². The van der Waals surface area contributed by atoms with Crippen LogP contribution in [0.5, 0.6) is 0 Å². The molecule has 1 aromatic carbocycles. The molecule has 1 heterocycles. The van der Waals surface area contributed by atoms with Gasteiger partial charge in [0.2, 0.25) is 0 Å². The fraction of sp³-hybridized carbons (Fsp3) is 0.667. The van der Waals surface area contributed by atoms with E-state index in [-0.39, 0.29) is 29.1 Å². The summed E-state index contributed by atoms with van der Waals surface area (Å²) in [4.78, 5) is 15.5. The highest BCUT2D eigenvalue weighted by atomic mass is 127. The molecule has 0 spiro atoms. The Morgan fingerprint density at radius 3 is 2.25 bits per heavy atom. The van der Waals surface area contributed by atoms with Gasteiger partial charge in [-0.1, -0.05) is 6.92 Å². The van der Waals surface area contributed by atoms with E-state index in [1.165, 1.54) is 0 Å². The molecular weight excluding hydrogens is 693 g/mol. The summed E-state index contributed by atoms with van der Waals surface area (Å²) in [7, 11) is 2.16. The maximum atomic E-state index is 13.1. The van der Waals surface area contributed by atoms with E-state index >= 15 is 0 Å². The van der Waals surface area contributed by atoms with Crippen molar-refractivity contribution in [1.29, 1.82) is 0 Å². The molecule has 158 valence electrons. The number of benzene rings is 1. The lowest BCUT2D eigenvalue weighted by Gasteiger charge is -2.53. The summed E-state index contributed by atoms with van der Waals surface area (Å²) in [5.74, 6) is -0.222. The third-order valence-corrected chi connectivity index (χ3v) is 9.22. The van der Waals surface area contributed by atoms with Crippen molar-refractivity contribution in [1.82, 2.24) is 4.90 Å². The average Bonchev–Trinajstić information content (AvgIpc) is 2.57. The lowest BCUT2D eigenvalue weighted by molar-refractivity contribution is -0.163. The monoisotopic (exact) mass is 724 g/mol. The Morgan fingerprint density at radius 2 is 1.75 bits per heavy atom. The van der Waals surface area contributed by atoms with Gasteiger partial charge in [0, 0.05) is 34.6 Å². The van der Waals surface area contributed by atoms with Crippen LogP contribution in [0.15, 0.2) is 6.07 Å². The number of halogens is 3.